The second-order valence-corrected chi connectivity index (χ2v) is 8.17. The summed E-state index contributed by atoms with van der Waals surface area (Å²) < 4.78 is 19.2. The number of carbonyl (C=O) groups is 1. The van der Waals surface area contributed by atoms with Crippen molar-refractivity contribution >= 4 is 6.09 Å². The average Bonchev–Trinajstić information content (AvgIpc) is 2.73. The molecule has 0 radical (unpaired) electrons. The maximum Gasteiger partial charge on any atom is 0.410 e. The number of aryl methyl sites for hydroxylation is 1. The molecule has 1 aromatic rings. The molecule has 2 saturated heterocycles. The molecule has 24 heavy (non-hydrogen) atoms. The first-order valence-corrected chi connectivity index (χ1v) is 8.59. The van der Waals surface area contributed by atoms with Gasteiger partial charge in [0.1, 0.15) is 11.4 Å². The Kier molecular flexibility index (Phi) is 4.11. The largest absolute Gasteiger partial charge is 0.444 e. The molecule has 0 aliphatic carbocycles. The van der Waals surface area contributed by atoms with Crippen molar-refractivity contribution in [2.24, 2.45) is 0 Å². The van der Waals surface area contributed by atoms with Crippen molar-refractivity contribution in [1.29, 1.82) is 0 Å². The van der Waals surface area contributed by atoms with E-state index in [1.807, 2.05) is 27.7 Å². The van der Waals surface area contributed by atoms with E-state index in [9.17, 15) is 14.3 Å². The van der Waals surface area contributed by atoms with Gasteiger partial charge < -0.3 is 14.7 Å². The summed E-state index contributed by atoms with van der Waals surface area (Å²) in [6.07, 6.45) is 2.23. The summed E-state index contributed by atoms with van der Waals surface area (Å²) in [4.78, 5) is 14.3. The maximum atomic E-state index is 13.7. The Morgan fingerprint density at radius 2 is 1.88 bits per heavy atom. The highest BCUT2D eigenvalue weighted by molar-refractivity contribution is 5.70. The molecule has 1 aromatic carbocycles. The molecule has 132 valence electrons. The Labute approximate surface area is 142 Å². The molecule has 3 rings (SSSR count). The van der Waals surface area contributed by atoms with E-state index >= 15 is 0 Å². The molecule has 2 aliphatic rings. The number of hydrogen-bond donors (Lipinski definition) is 1. The Morgan fingerprint density at radius 3 is 2.42 bits per heavy atom. The summed E-state index contributed by atoms with van der Waals surface area (Å²) in [5, 5.41) is 11.2. The molecule has 2 bridgehead atoms. The number of halogens is 1. The lowest BCUT2D eigenvalue weighted by molar-refractivity contribution is -0.0628. The fourth-order valence-electron chi connectivity index (χ4n) is 4.15. The quantitative estimate of drug-likeness (QED) is 0.847. The molecule has 1 amide bonds. The van der Waals surface area contributed by atoms with Crippen LogP contribution in [0, 0.1) is 12.7 Å². The van der Waals surface area contributed by atoms with Crippen molar-refractivity contribution in [3.63, 3.8) is 0 Å². The number of benzene rings is 1. The Bertz CT molecular complexity index is 639. The number of amides is 1. The summed E-state index contributed by atoms with van der Waals surface area (Å²) in [6.45, 7) is 7.43. The lowest BCUT2D eigenvalue weighted by atomic mass is 9.79. The molecule has 5 heteroatoms. The lowest BCUT2D eigenvalue weighted by Crippen LogP contribution is -2.53. The van der Waals surface area contributed by atoms with Crippen molar-refractivity contribution in [3.05, 3.63) is 35.1 Å². The van der Waals surface area contributed by atoms with E-state index in [2.05, 4.69) is 0 Å². The van der Waals surface area contributed by atoms with Gasteiger partial charge in [-0.2, -0.15) is 0 Å². The van der Waals surface area contributed by atoms with Gasteiger partial charge in [-0.3, -0.25) is 0 Å². The van der Waals surface area contributed by atoms with Crippen LogP contribution in [0.25, 0.3) is 0 Å². The zero-order valence-corrected chi connectivity index (χ0v) is 14.8. The van der Waals surface area contributed by atoms with Crippen molar-refractivity contribution in [2.75, 3.05) is 0 Å². The minimum Gasteiger partial charge on any atom is -0.444 e. The first-order chi connectivity index (χ1) is 11.1. The molecular formula is C19H26FNO3. The summed E-state index contributed by atoms with van der Waals surface area (Å²) in [5.74, 6) is -0.342. The van der Waals surface area contributed by atoms with Gasteiger partial charge in [0.25, 0.3) is 0 Å². The third-order valence-corrected chi connectivity index (χ3v) is 5.07. The molecule has 1 N–H and O–H groups in total. The smallest absolute Gasteiger partial charge is 0.410 e. The van der Waals surface area contributed by atoms with Crippen LogP contribution in [0.15, 0.2) is 18.2 Å². The molecule has 4 nitrogen and oxygen atoms in total. The fourth-order valence-corrected chi connectivity index (χ4v) is 4.15. The molecule has 2 atom stereocenters. The topological polar surface area (TPSA) is 49.8 Å². The van der Waals surface area contributed by atoms with Crippen molar-refractivity contribution in [3.8, 4) is 0 Å². The molecule has 0 saturated carbocycles. The second-order valence-electron chi connectivity index (χ2n) is 8.17. The lowest BCUT2D eigenvalue weighted by Gasteiger charge is -2.44. The van der Waals surface area contributed by atoms with Gasteiger partial charge in [-0.1, -0.05) is 6.07 Å². The summed E-state index contributed by atoms with van der Waals surface area (Å²) in [5.41, 5.74) is -0.104. The first-order valence-electron chi connectivity index (χ1n) is 8.59. The zero-order valence-electron chi connectivity index (χ0n) is 14.8. The van der Waals surface area contributed by atoms with Crippen molar-refractivity contribution in [1.82, 2.24) is 4.90 Å². The van der Waals surface area contributed by atoms with Gasteiger partial charge in [-0.25, -0.2) is 9.18 Å². The van der Waals surface area contributed by atoms with E-state index in [0.29, 0.717) is 18.4 Å². The Morgan fingerprint density at radius 1 is 1.29 bits per heavy atom. The monoisotopic (exact) mass is 335 g/mol. The number of fused-ring (bicyclic) bond motifs is 2. The molecular weight excluding hydrogens is 309 g/mol. The molecule has 2 aliphatic heterocycles. The van der Waals surface area contributed by atoms with Gasteiger partial charge in [0.2, 0.25) is 0 Å². The van der Waals surface area contributed by atoms with Gasteiger partial charge in [0.05, 0.1) is 5.60 Å². The molecule has 2 heterocycles. The van der Waals surface area contributed by atoms with Crippen LogP contribution in [-0.2, 0) is 10.3 Å². The summed E-state index contributed by atoms with van der Waals surface area (Å²) in [6, 6.07) is 4.41. The van der Waals surface area contributed by atoms with E-state index in [1.54, 1.807) is 11.0 Å². The fraction of sp³-hybridized carbons (Fsp3) is 0.632. The third-order valence-electron chi connectivity index (χ3n) is 5.07. The second kappa shape index (κ2) is 5.73. The minimum absolute atomic E-state index is 0.0636. The van der Waals surface area contributed by atoms with Gasteiger partial charge >= 0.3 is 6.09 Å². The minimum atomic E-state index is -1.09. The maximum absolute atomic E-state index is 13.7. The average molecular weight is 335 g/mol. The third kappa shape index (κ3) is 3.14. The van der Waals surface area contributed by atoms with E-state index < -0.39 is 11.2 Å². The number of piperidine rings is 1. The van der Waals surface area contributed by atoms with Gasteiger partial charge in [0.15, 0.2) is 0 Å². The van der Waals surface area contributed by atoms with E-state index in [4.69, 9.17) is 4.74 Å². The Balaban J connectivity index is 1.84. The van der Waals surface area contributed by atoms with Crippen LogP contribution in [0.5, 0.6) is 0 Å². The molecule has 0 spiro atoms. The highest BCUT2D eigenvalue weighted by atomic mass is 19.1. The van der Waals surface area contributed by atoms with Crippen LogP contribution in [0.1, 0.15) is 57.6 Å². The zero-order chi connectivity index (χ0) is 17.7. The SMILES string of the molecule is Cc1ccc(F)cc1C1(O)CC2CCC(C1)N2C(=O)OC(C)(C)C. The summed E-state index contributed by atoms with van der Waals surface area (Å²) in [7, 11) is 0. The van der Waals surface area contributed by atoms with Gasteiger partial charge in [0, 0.05) is 24.9 Å². The van der Waals surface area contributed by atoms with Crippen LogP contribution < -0.4 is 0 Å². The number of nitrogens with zero attached hydrogens (tertiary/aromatic N) is 1. The van der Waals surface area contributed by atoms with E-state index in [-0.39, 0.29) is 24.0 Å². The number of hydrogen-bond acceptors (Lipinski definition) is 3. The Hall–Kier alpha value is -1.62. The molecule has 2 unspecified atom stereocenters. The van der Waals surface area contributed by atoms with Crippen molar-refractivity contribution in [2.45, 2.75) is 76.7 Å². The standard InChI is InChI=1S/C19H26FNO3/c1-12-5-6-13(20)9-16(12)19(23)10-14-7-8-15(11-19)21(14)17(22)24-18(2,3)4/h5-6,9,14-15,23H,7-8,10-11H2,1-4H3. The molecule has 2 fully saturated rings. The summed E-state index contributed by atoms with van der Waals surface area (Å²) >= 11 is 0. The highest BCUT2D eigenvalue weighted by Gasteiger charge is 2.51. The normalized spacial score (nSPS) is 29.7. The number of carbonyl (C=O) groups excluding carboxylic acids is 1. The predicted octanol–water partition coefficient (Wildman–Crippen LogP) is 3.88. The number of aliphatic hydroxyl groups is 1. The van der Waals surface area contributed by atoms with E-state index in [0.717, 1.165) is 18.4 Å². The van der Waals surface area contributed by atoms with Crippen LogP contribution >= 0.6 is 0 Å². The van der Waals surface area contributed by atoms with Crippen LogP contribution in [-0.4, -0.2) is 33.8 Å². The predicted molar refractivity (Wildman–Crippen MR) is 89.2 cm³/mol. The molecule has 0 aromatic heterocycles. The number of rotatable bonds is 1. The van der Waals surface area contributed by atoms with Gasteiger partial charge in [-0.05, 0) is 63.8 Å². The highest BCUT2D eigenvalue weighted by Crippen LogP contribution is 2.47. The van der Waals surface area contributed by atoms with Crippen LogP contribution in [0.3, 0.4) is 0 Å². The van der Waals surface area contributed by atoms with Crippen LogP contribution in [0.4, 0.5) is 9.18 Å². The van der Waals surface area contributed by atoms with E-state index in [1.165, 1.54) is 12.1 Å². The number of ether oxygens (including phenoxy) is 1. The van der Waals surface area contributed by atoms with Crippen LogP contribution in [0.2, 0.25) is 0 Å². The van der Waals surface area contributed by atoms with Crippen molar-refractivity contribution < 1.29 is 19.0 Å². The van der Waals surface area contributed by atoms with Gasteiger partial charge in [-0.15, -0.1) is 0 Å². The first kappa shape index (κ1) is 17.2.